The summed E-state index contributed by atoms with van der Waals surface area (Å²) in [5, 5.41) is 11.7. The van der Waals surface area contributed by atoms with E-state index in [9.17, 15) is 9.59 Å². The summed E-state index contributed by atoms with van der Waals surface area (Å²) in [6.07, 6.45) is 1.35. The fraction of sp³-hybridized carbons (Fsp3) is 0.667. The van der Waals surface area contributed by atoms with Crippen molar-refractivity contribution in [3.63, 3.8) is 0 Å². The number of amides is 2. The van der Waals surface area contributed by atoms with E-state index in [-0.39, 0.29) is 17.9 Å². The number of hydrogen-bond donors (Lipinski definition) is 1. The molecule has 1 aliphatic heterocycles. The van der Waals surface area contributed by atoms with E-state index in [0.717, 1.165) is 22.3 Å². The van der Waals surface area contributed by atoms with Crippen molar-refractivity contribution in [2.24, 2.45) is 0 Å². The van der Waals surface area contributed by atoms with Crippen molar-refractivity contribution in [3.05, 3.63) is 5.01 Å². The first-order valence-electron chi connectivity index (χ1n) is 6.58. The van der Waals surface area contributed by atoms with Crippen molar-refractivity contribution < 1.29 is 9.59 Å². The van der Waals surface area contributed by atoms with E-state index in [0.29, 0.717) is 18.7 Å². The first-order chi connectivity index (χ1) is 9.58. The molecule has 0 saturated carbocycles. The Labute approximate surface area is 126 Å². The highest BCUT2D eigenvalue weighted by molar-refractivity contribution is 8.01. The molecule has 110 valence electrons. The summed E-state index contributed by atoms with van der Waals surface area (Å²) >= 11 is 2.86. The maximum Gasteiger partial charge on any atom is 0.230 e. The minimum atomic E-state index is -0.0571. The number of rotatable bonds is 6. The quantitative estimate of drug-likeness (QED) is 0.795. The lowest BCUT2D eigenvalue weighted by Gasteiger charge is -2.15. The third kappa shape index (κ3) is 4.17. The van der Waals surface area contributed by atoms with Crippen molar-refractivity contribution in [1.82, 2.24) is 20.4 Å². The molecule has 0 aromatic carbocycles. The van der Waals surface area contributed by atoms with Gasteiger partial charge in [0, 0.05) is 19.5 Å². The van der Waals surface area contributed by atoms with Crippen LogP contribution in [0.15, 0.2) is 4.34 Å². The molecule has 6 nitrogen and oxygen atoms in total. The first kappa shape index (κ1) is 15.2. The molecule has 1 aliphatic rings. The van der Waals surface area contributed by atoms with Crippen LogP contribution in [0.25, 0.3) is 0 Å². The zero-order valence-electron chi connectivity index (χ0n) is 11.6. The molecule has 2 heterocycles. The summed E-state index contributed by atoms with van der Waals surface area (Å²) in [7, 11) is 0. The Morgan fingerprint density at radius 3 is 3.00 bits per heavy atom. The number of hydrogen-bond acceptors (Lipinski definition) is 6. The van der Waals surface area contributed by atoms with Gasteiger partial charge in [0.1, 0.15) is 5.01 Å². The molecule has 1 aromatic rings. The van der Waals surface area contributed by atoms with Crippen molar-refractivity contribution >= 4 is 34.9 Å². The molecule has 1 aromatic heterocycles. The average molecular weight is 314 g/mol. The Bertz CT molecular complexity index is 492. The predicted molar refractivity (Wildman–Crippen MR) is 78.8 cm³/mol. The van der Waals surface area contributed by atoms with Gasteiger partial charge in [-0.25, -0.2) is 0 Å². The standard InChI is InChI=1S/C12H18N4O2S2/c1-3-4-16-6-9(5-11(16)18)13-10(17)7-19-12-15-14-8(2)20-12/h9H,3-7H2,1-2H3,(H,13,17)/t9-/m1/s1. The number of nitrogens with zero attached hydrogens (tertiary/aromatic N) is 3. The number of aryl methyl sites for hydroxylation is 1. The molecule has 0 aliphatic carbocycles. The molecule has 1 atom stereocenters. The van der Waals surface area contributed by atoms with Crippen molar-refractivity contribution in [2.45, 2.75) is 37.1 Å². The fourth-order valence-corrected chi connectivity index (χ4v) is 3.71. The monoisotopic (exact) mass is 314 g/mol. The van der Waals surface area contributed by atoms with E-state index in [1.165, 1.54) is 23.1 Å². The Morgan fingerprint density at radius 1 is 1.55 bits per heavy atom. The van der Waals surface area contributed by atoms with Crippen molar-refractivity contribution in [2.75, 3.05) is 18.8 Å². The lowest BCUT2D eigenvalue weighted by molar-refractivity contribution is -0.127. The highest BCUT2D eigenvalue weighted by atomic mass is 32.2. The predicted octanol–water partition coefficient (Wildman–Crippen LogP) is 1.07. The number of likely N-dealkylation sites (tertiary alicyclic amines) is 1. The van der Waals surface area contributed by atoms with Crippen LogP contribution in [0.4, 0.5) is 0 Å². The van der Waals surface area contributed by atoms with Gasteiger partial charge in [0.05, 0.1) is 11.8 Å². The van der Waals surface area contributed by atoms with Gasteiger partial charge in [-0.3, -0.25) is 9.59 Å². The molecule has 2 amide bonds. The van der Waals surface area contributed by atoms with Gasteiger partial charge in [0.2, 0.25) is 11.8 Å². The van der Waals surface area contributed by atoms with E-state index in [4.69, 9.17) is 0 Å². The summed E-state index contributed by atoms with van der Waals surface area (Å²) in [4.78, 5) is 25.3. The van der Waals surface area contributed by atoms with Crippen LogP contribution in [0.5, 0.6) is 0 Å². The van der Waals surface area contributed by atoms with Gasteiger partial charge in [-0.05, 0) is 13.3 Å². The van der Waals surface area contributed by atoms with Crippen LogP contribution in [0.2, 0.25) is 0 Å². The highest BCUT2D eigenvalue weighted by Crippen LogP contribution is 2.21. The molecule has 1 N–H and O–H groups in total. The Hall–Kier alpha value is -1.15. The second-order valence-electron chi connectivity index (χ2n) is 4.68. The van der Waals surface area contributed by atoms with E-state index in [1.54, 1.807) is 0 Å². The zero-order chi connectivity index (χ0) is 14.5. The summed E-state index contributed by atoms with van der Waals surface area (Å²) in [6, 6.07) is -0.0571. The molecule has 1 saturated heterocycles. The Balaban J connectivity index is 1.73. The largest absolute Gasteiger partial charge is 0.350 e. The third-order valence-corrected chi connectivity index (χ3v) is 4.88. The van der Waals surface area contributed by atoms with Gasteiger partial charge in [-0.2, -0.15) is 0 Å². The number of thioether (sulfide) groups is 1. The normalized spacial score (nSPS) is 18.6. The van der Waals surface area contributed by atoms with Crippen molar-refractivity contribution in [3.8, 4) is 0 Å². The molecule has 0 spiro atoms. The number of nitrogens with one attached hydrogen (secondary N) is 1. The van der Waals surface area contributed by atoms with Gasteiger partial charge < -0.3 is 10.2 Å². The molecule has 0 radical (unpaired) electrons. The summed E-state index contributed by atoms with van der Waals surface area (Å²) in [5.41, 5.74) is 0. The first-order valence-corrected chi connectivity index (χ1v) is 8.38. The van der Waals surface area contributed by atoms with E-state index >= 15 is 0 Å². The van der Waals surface area contributed by atoms with E-state index in [1.807, 2.05) is 18.7 Å². The number of aromatic nitrogens is 2. The average Bonchev–Trinajstić information content (AvgIpc) is 2.95. The third-order valence-electron chi connectivity index (χ3n) is 2.91. The molecule has 1 fully saturated rings. The maximum atomic E-state index is 11.8. The topological polar surface area (TPSA) is 75.2 Å². The van der Waals surface area contributed by atoms with Crippen LogP contribution in [-0.4, -0.2) is 51.8 Å². The Kier molecular flexibility index (Phi) is 5.36. The van der Waals surface area contributed by atoms with Crippen LogP contribution < -0.4 is 5.32 Å². The minimum absolute atomic E-state index is 0.0565. The number of carbonyl (C=O) groups excluding carboxylic acids is 2. The van der Waals surface area contributed by atoms with Gasteiger partial charge in [0.25, 0.3) is 0 Å². The lowest BCUT2D eigenvalue weighted by Crippen LogP contribution is -2.38. The van der Waals surface area contributed by atoms with Crippen LogP contribution >= 0.6 is 23.1 Å². The van der Waals surface area contributed by atoms with Gasteiger partial charge in [0.15, 0.2) is 4.34 Å². The molecule has 2 rings (SSSR count). The molecular weight excluding hydrogens is 296 g/mol. The summed E-state index contributed by atoms with van der Waals surface area (Å²) in [5.74, 6) is 0.385. The maximum absolute atomic E-state index is 11.8. The molecular formula is C12H18N4O2S2. The van der Waals surface area contributed by atoms with E-state index in [2.05, 4.69) is 15.5 Å². The van der Waals surface area contributed by atoms with Crippen molar-refractivity contribution in [1.29, 1.82) is 0 Å². The molecule has 8 heteroatoms. The van der Waals surface area contributed by atoms with Gasteiger partial charge >= 0.3 is 0 Å². The van der Waals surface area contributed by atoms with Crippen LogP contribution in [0.3, 0.4) is 0 Å². The number of carbonyl (C=O) groups is 2. The van der Waals surface area contributed by atoms with E-state index < -0.39 is 0 Å². The lowest BCUT2D eigenvalue weighted by atomic mass is 10.2. The fourth-order valence-electron chi connectivity index (χ4n) is 2.09. The van der Waals surface area contributed by atoms with Gasteiger partial charge in [-0.1, -0.05) is 30.0 Å². The second-order valence-corrected chi connectivity index (χ2v) is 7.09. The summed E-state index contributed by atoms with van der Waals surface area (Å²) in [6.45, 7) is 5.32. The van der Waals surface area contributed by atoms with Crippen LogP contribution in [-0.2, 0) is 9.59 Å². The zero-order valence-corrected chi connectivity index (χ0v) is 13.2. The van der Waals surface area contributed by atoms with Crippen LogP contribution in [0.1, 0.15) is 24.8 Å². The SMILES string of the molecule is CCCN1C[C@H](NC(=O)CSc2nnc(C)s2)CC1=O. The van der Waals surface area contributed by atoms with Gasteiger partial charge in [-0.15, -0.1) is 10.2 Å². The summed E-state index contributed by atoms with van der Waals surface area (Å²) < 4.78 is 0.799. The molecule has 0 bridgehead atoms. The van der Waals surface area contributed by atoms with Crippen LogP contribution in [0, 0.1) is 6.92 Å². The molecule has 20 heavy (non-hydrogen) atoms. The molecule has 0 unspecified atom stereocenters. The Morgan fingerprint density at radius 2 is 2.35 bits per heavy atom. The second kappa shape index (κ2) is 7.03. The smallest absolute Gasteiger partial charge is 0.230 e. The minimum Gasteiger partial charge on any atom is -0.350 e. The highest BCUT2D eigenvalue weighted by Gasteiger charge is 2.29.